The van der Waals surface area contributed by atoms with Gasteiger partial charge in [0.2, 0.25) is 0 Å². The SMILES string of the molecule is CC(=O)O[C@H]1CCC2(C)C3CC[C@]4(C)C(C(C)CCC(=O)O)CC[C@@]4(C)C3CCC2C1(C)C. The second-order valence-electron chi connectivity index (χ2n) is 13.7. The molecule has 4 nitrogen and oxygen atoms in total. The molecule has 4 rings (SSSR count). The summed E-state index contributed by atoms with van der Waals surface area (Å²) in [6.07, 6.45) is 11.0. The largest absolute Gasteiger partial charge is 0.481 e. The van der Waals surface area contributed by atoms with Crippen molar-refractivity contribution in [3.05, 3.63) is 0 Å². The third kappa shape index (κ3) is 3.68. The first-order valence-corrected chi connectivity index (χ1v) is 13.7. The zero-order chi connectivity index (χ0) is 24.4. The van der Waals surface area contributed by atoms with Crippen molar-refractivity contribution in [2.45, 2.75) is 119 Å². The van der Waals surface area contributed by atoms with E-state index in [1.807, 2.05) is 0 Å². The van der Waals surface area contributed by atoms with Crippen LogP contribution in [0.25, 0.3) is 0 Å². The van der Waals surface area contributed by atoms with Crippen LogP contribution in [-0.2, 0) is 14.3 Å². The van der Waals surface area contributed by atoms with Gasteiger partial charge in [0.1, 0.15) is 6.10 Å². The van der Waals surface area contributed by atoms with Gasteiger partial charge < -0.3 is 9.84 Å². The van der Waals surface area contributed by atoms with Crippen molar-refractivity contribution in [1.29, 1.82) is 0 Å². The Morgan fingerprint density at radius 1 is 0.909 bits per heavy atom. The third-order valence-electron chi connectivity index (χ3n) is 12.3. The van der Waals surface area contributed by atoms with Crippen molar-refractivity contribution >= 4 is 11.9 Å². The van der Waals surface area contributed by atoms with Crippen LogP contribution in [0.15, 0.2) is 0 Å². The molecule has 0 bridgehead atoms. The van der Waals surface area contributed by atoms with Gasteiger partial charge in [0.05, 0.1) is 0 Å². The molecule has 4 heteroatoms. The molecule has 1 N–H and O–H groups in total. The van der Waals surface area contributed by atoms with E-state index in [4.69, 9.17) is 4.74 Å². The average molecular weight is 461 g/mol. The highest BCUT2D eigenvalue weighted by atomic mass is 16.5. The van der Waals surface area contributed by atoms with E-state index in [1.54, 1.807) is 6.92 Å². The van der Waals surface area contributed by atoms with Crippen LogP contribution in [0.3, 0.4) is 0 Å². The van der Waals surface area contributed by atoms with Crippen molar-refractivity contribution in [2.24, 2.45) is 51.2 Å². The van der Waals surface area contributed by atoms with Gasteiger partial charge in [0.15, 0.2) is 0 Å². The molecule has 9 atom stereocenters. The van der Waals surface area contributed by atoms with Crippen molar-refractivity contribution < 1.29 is 19.4 Å². The molecule has 0 aromatic heterocycles. The fourth-order valence-corrected chi connectivity index (χ4v) is 10.4. The molecular weight excluding hydrogens is 412 g/mol. The van der Waals surface area contributed by atoms with Crippen LogP contribution in [0.2, 0.25) is 0 Å². The topological polar surface area (TPSA) is 63.6 Å². The Kier molecular flexibility index (Phi) is 6.27. The number of hydrogen-bond donors (Lipinski definition) is 1. The predicted octanol–water partition coefficient (Wildman–Crippen LogP) is 7.10. The first-order chi connectivity index (χ1) is 15.3. The molecule has 0 aliphatic heterocycles. The van der Waals surface area contributed by atoms with Crippen LogP contribution in [0.1, 0.15) is 113 Å². The zero-order valence-corrected chi connectivity index (χ0v) is 22.2. The van der Waals surface area contributed by atoms with Gasteiger partial charge >= 0.3 is 11.9 Å². The second kappa shape index (κ2) is 8.26. The molecule has 4 saturated carbocycles. The zero-order valence-electron chi connectivity index (χ0n) is 22.2. The lowest BCUT2D eigenvalue weighted by molar-refractivity contribution is -0.209. The molecule has 0 spiro atoms. The molecule has 0 amide bonds. The van der Waals surface area contributed by atoms with Crippen LogP contribution in [0.4, 0.5) is 0 Å². The fourth-order valence-electron chi connectivity index (χ4n) is 10.4. The first-order valence-electron chi connectivity index (χ1n) is 13.7. The standard InChI is InChI=1S/C29H48O4/c1-18(8-11-25(31)32)20-12-16-29(7)22-9-10-23-26(3,4)24(33-19(2)30)14-15-27(23,5)21(22)13-17-28(20,29)6/h18,20-24H,8-17H2,1-7H3,(H,31,32)/t18?,20?,21?,22?,23?,24-,27?,28+,29-/m0/s1. The maximum absolute atomic E-state index is 11.8. The van der Waals surface area contributed by atoms with Gasteiger partial charge in [-0.2, -0.15) is 0 Å². The minimum Gasteiger partial charge on any atom is -0.481 e. The quantitative estimate of drug-likeness (QED) is 0.444. The number of fused-ring (bicyclic) bond motifs is 5. The third-order valence-corrected chi connectivity index (χ3v) is 12.3. The van der Waals surface area contributed by atoms with Gasteiger partial charge in [-0.3, -0.25) is 9.59 Å². The average Bonchev–Trinajstić information content (AvgIpc) is 3.00. The number of carboxylic acid groups (broad SMARTS) is 1. The summed E-state index contributed by atoms with van der Waals surface area (Å²) >= 11 is 0. The second-order valence-corrected chi connectivity index (χ2v) is 13.7. The molecule has 33 heavy (non-hydrogen) atoms. The molecule has 0 aromatic rings. The lowest BCUT2D eigenvalue weighted by Gasteiger charge is -2.67. The Balaban J connectivity index is 1.58. The number of carbonyl (C=O) groups excluding carboxylic acids is 1. The Labute approximate surface area is 201 Å². The fraction of sp³-hybridized carbons (Fsp3) is 0.931. The van der Waals surface area contributed by atoms with E-state index < -0.39 is 5.97 Å². The maximum Gasteiger partial charge on any atom is 0.303 e. The van der Waals surface area contributed by atoms with Crippen molar-refractivity contribution in [2.75, 3.05) is 0 Å². The molecule has 4 aliphatic carbocycles. The molecule has 4 aliphatic rings. The van der Waals surface area contributed by atoms with Crippen LogP contribution in [0.5, 0.6) is 0 Å². The first kappa shape index (κ1) is 25.0. The molecule has 188 valence electrons. The Hall–Kier alpha value is -1.06. The van der Waals surface area contributed by atoms with E-state index >= 15 is 0 Å². The Bertz CT molecular complexity index is 788. The number of carboxylic acids is 1. The van der Waals surface area contributed by atoms with Gasteiger partial charge in [-0.1, -0.05) is 41.5 Å². The minimum atomic E-state index is -0.658. The number of esters is 1. The summed E-state index contributed by atoms with van der Waals surface area (Å²) in [6, 6.07) is 0. The lowest BCUT2D eigenvalue weighted by Crippen LogP contribution is -2.62. The van der Waals surface area contributed by atoms with E-state index in [0.717, 1.165) is 24.7 Å². The summed E-state index contributed by atoms with van der Waals surface area (Å²) < 4.78 is 5.84. The van der Waals surface area contributed by atoms with Gasteiger partial charge in [0, 0.05) is 18.8 Å². The number of carbonyl (C=O) groups is 2. The highest BCUT2D eigenvalue weighted by Crippen LogP contribution is 2.74. The lowest BCUT2D eigenvalue weighted by atomic mass is 9.38. The molecule has 0 aromatic carbocycles. The van der Waals surface area contributed by atoms with E-state index in [2.05, 4.69) is 41.5 Å². The monoisotopic (exact) mass is 460 g/mol. The predicted molar refractivity (Wildman–Crippen MR) is 131 cm³/mol. The summed E-state index contributed by atoms with van der Waals surface area (Å²) in [5, 5.41) is 9.23. The molecule has 6 unspecified atom stereocenters. The van der Waals surface area contributed by atoms with Crippen molar-refractivity contribution in [1.82, 2.24) is 0 Å². The summed E-state index contributed by atoms with van der Waals surface area (Å²) in [4.78, 5) is 23.0. The Morgan fingerprint density at radius 3 is 2.21 bits per heavy atom. The normalized spacial score (nSPS) is 47.1. The number of hydrogen-bond acceptors (Lipinski definition) is 3. The molecule has 0 saturated heterocycles. The van der Waals surface area contributed by atoms with Crippen LogP contribution < -0.4 is 0 Å². The van der Waals surface area contributed by atoms with Crippen molar-refractivity contribution in [3.63, 3.8) is 0 Å². The summed E-state index contributed by atoms with van der Waals surface area (Å²) in [5.41, 5.74) is 1.01. The van der Waals surface area contributed by atoms with Crippen LogP contribution in [-0.4, -0.2) is 23.1 Å². The smallest absolute Gasteiger partial charge is 0.303 e. The Morgan fingerprint density at radius 2 is 1.58 bits per heavy atom. The summed E-state index contributed by atoms with van der Waals surface area (Å²) in [5.74, 6) is 2.44. The highest BCUT2D eigenvalue weighted by Gasteiger charge is 2.67. The van der Waals surface area contributed by atoms with E-state index in [0.29, 0.717) is 40.4 Å². The van der Waals surface area contributed by atoms with Gasteiger partial charge in [-0.25, -0.2) is 0 Å². The number of rotatable bonds is 5. The summed E-state index contributed by atoms with van der Waals surface area (Å²) in [6.45, 7) is 16.3. The summed E-state index contributed by atoms with van der Waals surface area (Å²) in [7, 11) is 0. The molecule has 4 fully saturated rings. The maximum atomic E-state index is 11.8. The number of aliphatic carboxylic acids is 1. The number of ether oxygens (including phenoxy) is 1. The molecule has 0 heterocycles. The van der Waals surface area contributed by atoms with E-state index in [-0.39, 0.29) is 17.5 Å². The molecular formula is C29H48O4. The highest BCUT2D eigenvalue weighted by molar-refractivity contribution is 5.66. The van der Waals surface area contributed by atoms with Crippen LogP contribution in [0, 0.1) is 51.2 Å². The van der Waals surface area contributed by atoms with Crippen LogP contribution >= 0.6 is 0 Å². The van der Waals surface area contributed by atoms with E-state index in [1.165, 1.54) is 44.9 Å². The van der Waals surface area contributed by atoms with E-state index in [9.17, 15) is 14.7 Å². The van der Waals surface area contributed by atoms with Gasteiger partial charge in [-0.05, 0) is 104 Å². The van der Waals surface area contributed by atoms with Crippen molar-refractivity contribution in [3.8, 4) is 0 Å². The van der Waals surface area contributed by atoms with Gasteiger partial charge in [0.25, 0.3) is 0 Å². The minimum absolute atomic E-state index is 0.0227. The van der Waals surface area contributed by atoms with Gasteiger partial charge in [-0.15, -0.1) is 0 Å². The molecule has 0 radical (unpaired) electrons.